The van der Waals surface area contributed by atoms with Crippen molar-refractivity contribution in [3.8, 4) is 11.6 Å². The second-order valence-electron chi connectivity index (χ2n) is 6.24. The number of rotatable bonds is 3. The van der Waals surface area contributed by atoms with Gasteiger partial charge in [-0.05, 0) is 23.8 Å². The second kappa shape index (κ2) is 6.16. The predicted octanol–water partition coefficient (Wildman–Crippen LogP) is 5.21. The largest absolute Gasteiger partial charge is 0.453 e. The molecule has 0 saturated carbocycles. The standard InChI is InChI=1S/C19H11F3N4OS/c20-19(21,22)13-6-3-4-11(8-13)9-16-25-26-17(23-24-18(26)28-16)15-10-12-5-1-2-7-14(12)27-15/h1-8,10H,9H2. The zero-order valence-corrected chi connectivity index (χ0v) is 15.0. The Labute approximate surface area is 160 Å². The van der Waals surface area contributed by atoms with Crippen molar-refractivity contribution in [2.24, 2.45) is 0 Å². The number of furan rings is 1. The lowest BCUT2D eigenvalue weighted by atomic mass is 10.1. The molecule has 0 unspecified atom stereocenters. The molecular weight excluding hydrogens is 389 g/mol. The van der Waals surface area contributed by atoms with Crippen molar-refractivity contribution in [3.05, 3.63) is 70.7 Å². The highest BCUT2D eigenvalue weighted by Gasteiger charge is 2.30. The van der Waals surface area contributed by atoms with Crippen LogP contribution in [0.3, 0.4) is 0 Å². The summed E-state index contributed by atoms with van der Waals surface area (Å²) in [5.74, 6) is 0.988. The maximum atomic E-state index is 12.9. The Morgan fingerprint density at radius 2 is 1.86 bits per heavy atom. The highest BCUT2D eigenvalue weighted by Crippen LogP contribution is 2.31. The molecule has 28 heavy (non-hydrogen) atoms. The molecular formula is C19H11F3N4OS. The Kier molecular flexibility index (Phi) is 3.73. The summed E-state index contributed by atoms with van der Waals surface area (Å²) in [5, 5.41) is 14.3. The Hall–Kier alpha value is -3.20. The molecule has 0 aliphatic heterocycles. The number of para-hydroxylation sites is 1. The molecule has 2 aromatic carbocycles. The van der Waals surface area contributed by atoms with Crippen molar-refractivity contribution in [2.45, 2.75) is 12.6 Å². The van der Waals surface area contributed by atoms with Gasteiger partial charge in [0.15, 0.2) is 5.76 Å². The summed E-state index contributed by atoms with van der Waals surface area (Å²) >= 11 is 1.28. The Balaban J connectivity index is 1.50. The van der Waals surface area contributed by atoms with E-state index < -0.39 is 11.7 Å². The van der Waals surface area contributed by atoms with Crippen molar-refractivity contribution in [3.63, 3.8) is 0 Å². The van der Waals surface area contributed by atoms with Crippen LogP contribution in [0.5, 0.6) is 0 Å². The number of hydrogen-bond acceptors (Lipinski definition) is 5. The van der Waals surface area contributed by atoms with E-state index in [4.69, 9.17) is 4.42 Å². The molecule has 140 valence electrons. The number of hydrogen-bond donors (Lipinski definition) is 0. The van der Waals surface area contributed by atoms with Gasteiger partial charge in [0.1, 0.15) is 10.6 Å². The van der Waals surface area contributed by atoms with E-state index in [1.165, 1.54) is 17.4 Å². The third-order valence-corrected chi connectivity index (χ3v) is 5.19. The number of alkyl halides is 3. The summed E-state index contributed by atoms with van der Waals surface area (Å²) in [6.45, 7) is 0. The van der Waals surface area contributed by atoms with Crippen LogP contribution >= 0.6 is 11.3 Å². The van der Waals surface area contributed by atoms with Gasteiger partial charge < -0.3 is 4.42 Å². The first-order valence-electron chi connectivity index (χ1n) is 8.33. The van der Waals surface area contributed by atoms with Crippen molar-refractivity contribution in [2.75, 3.05) is 0 Å². The fourth-order valence-electron chi connectivity index (χ4n) is 3.01. The molecule has 0 N–H and O–H groups in total. The van der Waals surface area contributed by atoms with E-state index in [1.807, 2.05) is 30.3 Å². The lowest BCUT2D eigenvalue weighted by Crippen LogP contribution is -2.05. The van der Waals surface area contributed by atoms with Gasteiger partial charge in [0, 0.05) is 11.8 Å². The van der Waals surface area contributed by atoms with Crippen LogP contribution in [0.25, 0.3) is 27.5 Å². The van der Waals surface area contributed by atoms with E-state index in [2.05, 4.69) is 15.3 Å². The third kappa shape index (κ3) is 2.93. The molecule has 5 rings (SSSR count). The third-order valence-electron chi connectivity index (χ3n) is 4.29. The Morgan fingerprint density at radius 1 is 1.00 bits per heavy atom. The molecule has 0 bridgehead atoms. The molecule has 0 amide bonds. The van der Waals surface area contributed by atoms with E-state index in [0.29, 0.717) is 27.1 Å². The summed E-state index contributed by atoms with van der Waals surface area (Å²) in [6, 6.07) is 14.7. The second-order valence-corrected chi connectivity index (χ2v) is 7.28. The van der Waals surface area contributed by atoms with Crippen molar-refractivity contribution in [1.82, 2.24) is 19.8 Å². The van der Waals surface area contributed by atoms with Gasteiger partial charge in [-0.2, -0.15) is 22.8 Å². The van der Waals surface area contributed by atoms with Crippen molar-refractivity contribution >= 4 is 27.3 Å². The molecule has 0 aliphatic carbocycles. The van der Waals surface area contributed by atoms with Gasteiger partial charge in [0.2, 0.25) is 10.8 Å². The van der Waals surface area contributed by atoms with E-state index >= 15 is 0 Å². The number of nitrogens with zero attached hydrogens (tertiary/aromatic N) is 4. The molecule has 3 aromatic heterocycles. The Bertz CT molecular complexity index is 1270. The van der Waals surface area contributed by atoms with Crippen LogP contribution in [-0.4, -0.2) is 19.8 Å². The topological polar surface area (TPSA) is 56.2 Å². The quantitative estimate of drug-likeness (QED) is 0.417. The minimum absolute atomic E-state index is 0.275. The number of halogens is 3. The number of benzene rings is 2. The van der Waals surface area contributed by atoms with Crippen LogP contribution in [0.1, 0.15) is 16.1 Å². The minimum atomic E-state index is -4.37. The zero-order chi connectivity index (χ0) is 19.3. The molecule has 3 heterocycles. The molecule has 9 heteroatoms. The van der Waals surface area contributed by atoms with Gasteiger partial charge in [-0.25, -0.2) is 0 Å². The van der Waals surface area contributed by atoms with Crippen molar-refractivity contribution < 1.29 is 17.6 Å². The summed E-state index contributed by atoms with van der Waals surface area (Å²) in [4.78, 5) is 0.553. The number of aromatic nitrogens is 4. The van der Waals surface area contributed by atoms with Crippen molar-refractivity contribution in [1.29, 1.82) is 0 Å². The first kappa shape index (κ1) is 16.9. The van der Waals surface area contributed by atoms with Crippen LogP contribution in [0.15, 0.2) is 59.0 Å². The van der Waals surface area contributed by atoms with Crippen LogP contribution < -0.4 is 0 Å². The molecule has 0 spiro atoms. The smallest absolute Gasteiger partial charge is 0.416 e. The Morgan fingerprint density at radius 3 is 2.68 bits per heavy atom. The lowest BCUT2D eigenvalue weighted by Gasteiger charge is -2.07. The van der Waals surface area contributed by atoms with E-state index in [-0.39, 0.29) is 6.42 Å². The molecule has 5 aromatic rings. The average molecular weight is 400 g/mol. The van der Waals surface area contributed by atoms with Gasteiger partial charge in [-0.15, -0.1) is 10.2 Å². The minimum Gasteiger partial charge on any atom is -0.453 e. The molecule has 5 nitrogen and oxygen atoms in total. The van der Waals surface area contributed by atoms with Gasteiger partial charge in [0.25, 0.3) is 0 Å². The summed E-state index contributed by atoms with van der Waals surface area (Å²) < 4.78 is 46.1. The molecule has 0 saturated heterocycles. The van der Waals surface area contributed by atoms with Gasteiger partial charge in [-0.3, -0.25) is 0 Å². The maximum absolute atomic E-state index is 12.9. The van der Waals surface area contributed by atoms with Gasteiger partial charge in [0.05, 0.1) is 5.56 Å². The maximum Gasteiger partial charge on any atom is 0.416 e. The fraction of sp³-hybridized carbons (Fsp3) is 0.105. The average Bonchev–Trinajstić information content (AvgIpc) is 3.34. The predicted molar refractivity (Wildman–Crippen MR) is 98.1 cm³/mol. The lowest BCUT2D eigenvalue weighted by molar-refractivity contribution is -0.137. The molecule has 0 atom stereocenters. The summed E-state index contributed by atoms with van der Waals surface area (Å²) in [6.07, 6.45) is -4.09. The van der Waals surface area contributed by atoms with E-state index in [9.17, 15) is 13.2 Å². The van der Waals surface area contributed by atoms with Crippen LogP contribution in [0, 0.1) is 0 Å². The first-order chi connectivity index (χ1) is 13.5. The number of fused-ring (bicyclic) bond motifs is 2. The highest BCUT2D eigenvalue weighted by atomic mass is 32.1. The highest BCUT2D eigenvalue weighted by molar-refractivity contribution is 7.16. The first-order valence-corrected chi connectivity index (χ1v) is 9.15. The normalized spacial score (nSPS) is 12.2. The van der Waals surface area contributed by atoms with Gasteiger partial charge >= 0.3 is 6.18 Å². The SMILES string of the molecule is FC(F)(F)c1cccc(Cc2nn3c(-c4cc5ccccc5o4)nnc3s2)c1. The summed E-state index contributed by atoms with van der Waals surface area (Å²) in [5.41, 5.74) is 0.592. The zero-order valence-electron chi connectivity index (χ0n) is 14.1. The summed E-state index contributed by atoms with van der Waals surface area (Å²) in [7, 11) is 0. The van der Waals surface area contributed by atoms with E-state index in [0.717, 1.165) is 23.1 Å². The van der Waals surface area contributed by atoms with Gasteiger partial charge in [-0.1, -0.05) is 47.7 Å². The van der Waals surface area contributed by atoms with Crippen LogP contribution in [-0.2, 0) is 12.6 Å². The molecule has 0 aliphatic rings. The molecule has 0 fully saturated rings. The fourth-order valence-corrected chi connectivity index (χ4v) is 3.87. The van der Waals surface area contributed by atoms with E-state index in [1.54, 1.807) is 10.6 Å². The molecule has 0 radical (unpaired) electrons. The monoisotopic (exact) mass is 400 g/mol. The van der Waals surface area contributed by atoms with Crippen LogP contribution in [0.4, 0.5) is 13.2 Å². The van der Waals surface area contributed by atoms with Crippen LogP contribution in [0.2, 0.25) is 0 Å².